The molecule has 352 valence electrons. The molecule has 1 aliphatic carbocycles. The van der Waals surface area contributed by atoms with Crippen LogP contribution in [0.15, 0.2) is 85.1 Å². The van der Waals surface area contributed by atoms with E-state index in [0.29, 0.717) is 32.1 Å². The lowest BCUT2D eigenvalue weighted by atomic mass is 9.90. The zero-order valence-electron chi connectivity index (χ0n) is 37.3. The molecule has 0 radical (unpaired) electrons. The Morgan fingerprint density at radius 1 is 0.742 bits per heavy atom. The lowest BCUT2D eigenvalue weighted by Crippen LogP contribution is -2.29. The van der Waals surface area contributed by atoms with Gasteiger partial charge in [-0.15, -0.1) is 0 Å². The lowest BCUT2D eigenvalue weighted by Gasteiger charge is -2.20. The van der Waals surface area contributed by atoms with Crippen molar-refractivity contribution in [3.8, 4) is 0 Å². The summed E-state index contributed by atoms with van der Waals surface area (Å²) in [5, 5.41) is 39.1. The van der Waals surface area contributed by atoms with E-state index < -0.39 is 76.5 Å². The first-order valence-electron chi connectivity index (χ1n) is 22.6. The van der Waals surface area contributed by atoms with Crippen LogP contribution in [0.4, 0.5) is 0 Å². The van der Waals surface area contributed by atoms with Crippen molar-refractivity contribution in [2.75, 3.05) is 26.4 Å². The highest BCUT2D eigenvalue weighted by Gasteiger charge is 2.39. The molecule has 1 fully saturated rings. The van der Waals surface area contributed by atoms with Crippen LogP contribution in [0.5, 0.6) is 0 Å². The molecule has 0 saturated heterocycles. The van der Waals surface area contributed by atoms with Gasteiger partial charge in [0, 0.05) is 31.1 Å². The molecule has 0 bridgehead atoms. The minimum Gasteiger partial charge on any atom is -0.462 e. The van der Waals surface area contributed by atoms with Gasteiger partial charge < -0.3 is 34.8 Å². The van der Waals surface area contributed by atoms with Gasteiger partial charge in [0.1, 0.15) is 18.5 Å². The van der Waals surface area contributed by atoms with Gasteiger partial charge in [0.15, 0.2) is 6.10 Å². The number of phosphoric acid groups is 1. The Hall–Kier alpha value is -3.26. The standard InChI is InChI=1S/C48H77O13P/c1-3-5-7-8-9-10-11-12-13-14-15-16-17-18-19-20-21-22-28-32-48(55)61-42(39-60-62(56,57)59-37-41(51)36-49)38-58-47(54)31-27-24-23-26-30-43-44(46(53)35-45(43)52)34-33-40(50)29-25-6-4-2/h5,7,9-10,12-13,15-16,18-19,23,26,33-34,40-45,49-52H,3-4,6,8,11,14,17,20-22,24-25,27-32,35-39H2,1-2H3,(H,56,57)/b7-5-,10-9-,13-12-,16-15-,19-18-,26-23-,34-33+/t40-,41-,42+,43+,44+,45-/m0/s1. The summed E-state index contributed by atoms with van der Waals surface area (Å²) in [5.41, 5.74) is 0. The number of esters is 2. The van der Waals surface area contributed by atoms with E-state index in [9.17, 15) is 39.2 Å². The highest BCUT2D eigenvalue weighted by molar-refractivity contribution is 7.47. The number of hydrogen-bond acceptors (Lipinski definition) is 12. The summed E-state index contributed by atoms with van der Waals surface area (Å²) in [4.78, 5) is 47.7. The third-order valence-corrected chi connectivity index (χ3v) is 10.9. The fourth-order valence-corrected chi connectivity index (χ4v) is 7.14. The normalized spacial score (nSPS) is 19.9. The lowest BCUT2D eigenvalue weighted by molar-refractivity contribution is -0.161. The second-order valence-electron chi connectivity index (χ2n) is 15.5. The molecule has 5 N–H and O–H groups in total. The molecule has 0 heterocycles. The smallest absolute Gasteiger partial charge is 0.462 e. The van der Waals surface area contributed by atoms with Gasteiger partial charge in [0.05, 0.1) is 32.0 Å². The van der Waals surface area contributed by atoms with Gasteiger partial charge in [-0.1, -0.05) is 125 Å². The quantitative estimate of drug-likeness (QED) is 0.0171. The molecule has 1 saturated carbocycles. The number of ether oxygens (including phenoxy) is 2. The first-order valence-corrected chi connectivity index (χ1v) is 24.1. The number of rotatable bonds is 37. The summed E-state index contributed by atoms with van der Waals surface area (Å²) in [6.45, 7) is 1.80. The largest absolute Gasteiger partial charge is 0.472 e. The van der Waals surface area contributed by atoms with Gasteiger partial charge in [-0.2, -0.15) is 0 Å². The second kappa shape index (κ2) is 37.1. The fourth-order valence-electron chi connectivity index (χ4n) is 6.35. The zero-order chi connectivity index (χ0) is 45.7. The van der Waals surface area contributed by atoms with Crippen molar-refractivity contribution >= 4 is 25.5 Å². The van der Waals surface area contributed by atoms with Crippen LogP contribution in [-0.2, 0) is 37.5 Å². The average molecular weight is 893 g/mol. The Balaban J connectivity index is 2.48. The molecule has 0 spiro atoms. The van der Waals surface area contributed by atoms with Crippen LogP contribution in [0.3, 0.4) is 0 Å². The van der Waals surface area contributed by atoms with E-state index in [1.165, 1.54) is 0 Å². The van der Waals surface area contributed by atoms with Gasteiger partial charge in [0.25, 0.3) is 0 Å². The van der Waals surface area contributed by atoms with Crippen molar-refractivity contribution in [1.29, 1.82) is 0 Å². The van der Waals surface area contributed by atoms with E-state index >= 15 is 0 Å². The van der Waals surface area contributed by atoms with E-state index in [1.807, 2.05) is 12.2 Å². The predicted octanol–water partition coefficient (Wildman–Crippen LogP) is 8.81. The third kappa shape index (κ3) is 30.7. The number of unbranched alkanes of at least 4 members (excludes halogenated alkanes) is 6. The summed E-state index contributed by atoms with van der Waals surface area (Å²) < 4.78 is 32.7. The topological polar surface area (TPSA) is 206 Å². The fraction of sp³-hybridized carbons (Fsp3) is 0.646. The molecule has 0 aromatic rings. The average Bonchev–Trinajstić information content (AvgIpc) is 3.52. The van der Waals surface area contributed by atoms with E-state index in [2.05, 4.69) is 79.1 Å². The molecular formula is C48H77O13P. The summed E-state index contributed by atoms with van der Waals surface area (Å²) >= 11 is 0. The van der Waals surface area contributed by atoms with Crippen LogP contribution in [0.1, 0.15) is 136 Å². The monoisotopic (exact) mass is 893 g/mol. The van der Waals surface area contributed by atoms with Crippen LogP contribution in [0, 0.1) is 11.8 Å². The zero-order valence-corrected chi connectivity index (χ0v) is 38.2. The van der Waals surface area contributed by atoms with Gasteiger partial charge in [-0.25, -0.2) is 4.57 Å². The number of aliphatic hydroxyl groups is 4. The van der Waals surface area contributed by atoms with Gasteiger partial charge in [0.2, 0.25) is 0 Å². The summed E-state index contributed by atoms with van der Waals surface area (Å²) in [5.74, 6) is -1.97. The van der Waals surface area contributed by atoms with E-state index in [-0.39, 0.29) is 31.0 Å². The minimum absolute atomic E-state index is 0.0379. The molecule has 7 atom stereocenters. The SMILES string of the molecule is CC/C=C\C/C=C\C/C=C\C/C=C\C/C=C\CCCCCC(=O)O[C@H](COC(=O)CCC/C=C\C[C@H]1[C@@H](O)CC(=O)[C@@H]1/C=C/[C@@H](O)CCCCC)COP(=O)(O)OC[C@@H](O)CO. The van der Waals surface area contributed by atoms with E-state index in [1.54, 1.807) is 12.2 Å². The molecule has 0 aliphatic heterocycles. The van der Waals surface area contributed by atoms with Gasteiger partial charge in [-0.05, 0) is 77.0 Å². The molecule has 62 heavy (non-hydrogen) atoms. The van der Waals surface area contributed by atoms with Crippen molar-refractivity contribution in [1.82, 2.24) is 0 Å². The second-order valence-corrected chi connectivity index (χ2v) is 16.9. The number of aliphatic hydroxyl groups excluding tert-OH is 4. The number of ketones is 1. The van der Waals surface area contributed by atoms with Crippen LogP contribution in [0.2, 0.25) is 0 Å². The number of hydrogen-bond donors (Lipinski definition) is 5. The maximum absolute atomic E-state index is 12.7. The van der Waals surface area contributed by atoms with Crippen molar-refractivity contribution in [2.24, 2.45) is 11.8 Å². The van der Waals surface area contributed by atoms with Crippen molar-refractivity contribution < 1.29 is 62.8 Å². The van der Waals surface area contributed by atoms with E-state index in [4.69, 9.17) is 19.1 Å². The Bertz CT molecular complexity index is 1470. The van der Waals surface area contributed by atoms with Crippen LogP contribution < -0.4 is 0 Å². The minimum atomic E-state index is -4.70. The molecule has 1 unspecified atom stereocenters. The number of allylic oxidation sites excluding steroid dienone is 13. The number of phosphoric ester groups is 1. The summed E-state index contributed by atoms with van der Waals surface area (Å²) in [6, 6.07) is 0. The molecule has 1 rings (SSSR count). The molecule has 13 nitrogen and oxygen atoms in total. The van der Waals surface area contributed by atoms with Crippen molar-refractivity contribution in [2.45, 2.75) is 160 Å². The third-order valence-electron chi connectivity index (χ3n) is 9.91. The number of Topliss-reactive ketones (excluding diaryl/α,β-unsaturated/α-hetero) is 1. The Kier molecular flexibility index (Phi) is 34.0. The first kappa shape index (κ1) is 56.8. The maximum atomic E-state index is 12.7. The first-order chi connectivity index (χ1) is 29.9. The molecule has 1 aliphatic rings. The van der Waals surface area contributed by atoms with Gasteiger partial charge in [-0.3, -0.25) is 23.4 Å². The molecule has 14 heteroatoms. The highest BCUT2D eigenvalue weighted by atomic mass is 31.2. The maximum Gasteiger partial charge on any atom is 0.472 e. The van der Waals surface area contributed by atoms with E-state index in [0.717, 1.165) is 70.6 Å². The summed E-state index contributed by atoms with van der Waals surface area (Å²) in [7, 11) is -4.70. The molecule has 0 amide bonds. The number of carbonyl (C=O) groups is 3. The Morgan fingerprint density at radius 3 is 1.98 bits per heavy atom. The molecule has 0 aromatic heterocycles. The number of carbonyl (C=O) groups excluding carboxylic acids is 3. The molecular weight excluding hydrogens is 815 g/mol. The Morgan fingerprint density at radius 2 is 1.34 bits per heavy atom. The Labute approximate surface area is 371 Å². The van der Waals surface area contributed by atoms with Crippen LogP contribution in [0.25, 0.3) is 0 Å². The van der Waals surface area contributed by atoms with Crippen LogP contribution >= 0.6 is 7.82 Å². The van der Waals surface area contributed by atoms with Crippen molar-refractivity contribution in [3.63, 3.8) is 0 Å². The molecule has 0 aromatic carbocycles. The van der Waals surface area contributed by atoms with Gasteiger partial charge >= 0.3 is 19.8 Å². The summed E-state index contributed by atoms with van der Waals surface area (Å²) in [6.07, 6.45) is 37.7. The van der Waals surface area contributed by atoms with Crippen LogP contribution in [-0.4, -0.2) is 93.9 Å². The predicted molar refractivity (Wildman–Crippen MR) is 243 cm³/mol. The van der Waals surface area contributed by atoms with Crippen molar-refractivity contribution in [3.05, 3.63) is 85.1 Å². The highest BCUT2D eigenvalue weighted by Crippen LogP contribution is 2.43.